The van der Waals surface area contributed by atoms with Crippen molar-refractivity contribution in [3.63, 3.8) is 0 Å². The Morgan fingerprint density at radius 3 is 2.68 bits per heavy atom. The Bertz CT molecular complexity index is 590. The average molecular weight is 344 g/mol. The van der Waals surface area contributed by atoms with Crippen LogP contribution in [0.5, 0.6) is 0 Å². The Kier molecular flexibility index (Phi) is 5.95. The standard InChI is InChI=1S/C20H28N2O3/c1-2-19(23)22-11-6-7-17(14-22)20(24)25-15-16-10-12-21(13-16)18-8-4-3-5-9-18/h3-5,8-9,16-17H,2,6-7,10-15H2,1H3/t16-,17-/m1/s1. The lowest BCUT2D eigenvalue weighted by Gasteiger charge is -2.31. The molecule has 2 saturated heterocycles. The average Bonchev–Trinajstić information content (AvgIpc) is 3.15. The van der Waals surface area contributed by atoms with Gasteiger partial charge in [0.2, 0.25) is 5.91 Å². The molecule has 0 aliphatic carbocycles. The minimum Gasteiger partial charge on any atom is -0.465 e. The molecule has 2 aliphatic rings. The minimum absolute atomic E-state index is 0.131. The molecule has 1 aromatic carbocycles. The molecule has 2 aliphatic heterocycles. The van der Waals surface area contributed by atoms with Crippen LogP contribution >= 0.6 is 0 Å². The molecular formula is C20H28N2O3. The van der Waals surface area contributed by atoms with Crippen LogP contribution in [0.3, 0.4) is 0 Å². The number of esters is 1. The van der Waals surface area contributed by atoms with Gasteiger partial charge in [0.1, 0.15) is 0 Å². The molecule has 5 heteroatoms. The summed E-state index contributed by atoms with van der Waals surface area (Å²) in [6, 6.07) is 10.4. The number of carbonyl (C=O) groups is 2. The molecule has 3 rings (SSSR count). The first kappa shape index (κ1) is 17.8. The van der Waals surface area contributed by atoms with Crippen LogP contribution in [0.25, 0.3) is 0 Å². The second-order valence-corrected chi connectivity index (χ2v) is 7.10. The van der Waals surface area contributed by atoms with Crippen LogP contribution in [0.15, 0.2) is 30.3 Å². The van der Waals surface area contributed by atoms with Gasteiger partial charge in [0.05, 0.1) is 12.5 Å². The molecule has 136 valence electrons. The summed E-state index contributed by atoms with van der Waals surface area (Å²) in [5.41, 5.74) is 1.23. The maximum Gasteiger partial charge on any atom is 0.310 e. The quantitative estimate of drug-likeness (QED) is 0.771. The number of anilines is 1. The van der Waals surface area contributed by atoms with E-state index >= 15 is 0 Å². The summed E-state index contributed by atoms with van der Waals surface area (Å²) in [5, 5.41) is 0. The van der Waals surface area contributed by atoms with E-state index in [9.17, 15) is 9.59 Å². The lowest BCUT2D eigenvalue weighted by molar-refractivity contribution is -0.152. The van der Waals surface area contributed by atoms with Crippen molar-refractivity contribution >= 4 is 17.6 Å². The molecule has 0 aromatic heterocycles. The third kappa shape index (κ3) is 4.53. The van der Waals surface area contributed by atoms with Crippen molar-refractivity contribution in [2.24, 2.45) is 11.8 Å². The highest BCUT2D eigenvalue weighted by Gasteiger charge is 2.30. The van der Waals surface area contributed by atoms with Gasteiger partial charge in [-0.05, 0) is 31.4 Å². The minimum atomic E-state index is -0.157. The maximum atomic E-state index is 12.4. The second-order valence-electron chi connectivity index (χ2n) is 7.10. The Morgan fingerprint density at radius 1 is 1.12 bits per heavy atom. The first-order chi connectivity index (χ1) is 12.2. The summed E-state index contributed by atoms with van der Waals surface area (Å²) >= 11 is 0. The van der Waals surface area contributed by atoms with Crippen LogP contribution in [0.2, 0.25) is 0 Å². The first-order valence-corrected chi connectivity index (χ1v) is 9.41. The van der Waals surface area contributed by atoms with Crippen molar-refractivity contribution < 1.29 is 14.3 Å². The number of nitrogens with zero attached hydrogens (tertiary/aromatic N) is 2. The first-order valence-electron chi connectivity index (χ1n) is 9.41. The van der Waals surface area contributed by atoms with Gasteiger partial charge in [-0.15, -0.1) is 0 Å². The van der Waals surface area contributed by atoms with Crippen LogP contribution < -0.4 is 4.90 Å². The van der Waals surface area contributed by atoms with Crippen molar-refractivity contribution in [2.45, 2.75) is 32.6 Å². The highest BCUT2D eigenvalue weighted by atomic mass is 16.5. The zero-order valence-corrected chi connectivity index (χ0v) is 15.0. The number of para-hydroxylation sites is 1. The van der Waals surface area contributed by atoms with E-state index in [1.54, 1.807) is 0 Å². The number of carbonyl (C=O) groups excluding carboxylic acids is 2. The fourth-order valence-corrected chi connectivity index (χ4v) is 3.78. The molecule has 0 saturated carbocycles. The summed E-state index contributed by atoms with van der Waals surface area (Å²) in [4.78, 5) is 28.4. The third-order valence-corrected chi connectivity index (χ3v) is 5.28. The monoisotopic (exact) mass is 344 g/mol. The Balaban J connectivity index is 1.44. The number of likely N-dealkylation sites (tertiary alicyclic amines) is 1. The normalized spacial score (nSPS) is 23.6. The van der Waals surface area contributed by atoms with Crippen LogP contribution in [0, 0.1) is 11.8 Å². The van der Waals surface area contributed by atoms with Gasteiger partial charge < -0.3 is 14.5 Å². The van der Waals surface area contributed by atoms with Gasteiger partial charge in [-0.1, -0.05) is 25.1 Å². The van der Waals surface area contributed by atoms with Gasteiger partial charge in [0.25, 0.3) is 0 Å². The molecule has 0 bridgehead atoms. The van der Waals surface area contributed by atoms with Crippen LogP contribution in [-0.2, 0) is 14.3 Å². The molecule has 1 aromatic rings. The number of benzene rings is 1. The summed E-state index contributed by atoms with van der Waals surface area (Å²) in [6.45, 7) is 5.58. The van der Waals surface area contributed by atoms with Gasteiger partial charge in [0.15, 0.2) is 0 Å². The topological polar surface area (TPSA) is 49.9 Å². The van der Waals surface area contributed by atoms with Gasteiger partial charge in [-0.2, -0.15) is 0 Å². The number of ether oxygens (including phenoxy) is 1. The van der Waals surface area contributed by atoms with E-state index in [1.807, 2.05) is 17.9 Å². The van der Waals surface area contributed by atoms with E-state index < -0.39 is 0 Å². The molecule has 5 nitrogen and oxygen atoms in total. The molecule has 25 heavy (non-hydrogen) atoms. The van der Waals surface area contributed by atoms with Crippen molar-refractivity contribution in [1.29, 1.82) is 0 Å². The van der Waals surface area contributed by atoms with Crippen molar-refractivity contribution in [3.05, 3.63) is 30.3 Å². The number of amides is 1. The third-order valence-electron chi connectivity index (χ3n) is 5.28. The van der Waals surface area contributed by atoms with Gasteiger partial charge in [0, 0.05) is 44.2 Å². The van der Waals surface area contributed by atoms with Gasteiger partial charge >= 0.3 is 5.97 Å². The van der Waals surface area contributed by atoms with E-state index in [0.717, 1.165) is 38.9 Å². The van der Waals surface area contributed by atoms with E-state index in [0.29, 0.717) is 25.5 Å². The fourth-order valence-electron chi connectivity index (χ4n) is 3.78. The molecule has 0 unspecified atom stereocenters. The lowest BCUT2D eigenvalue weighted by atomic mass is 9.98. The number of hydrogen-bond acceptors (Lipinski definition) is 4. The predicted molar refractivity (Wildman–Crippen MR) is 97.3 cm³/mol. The van der Waals surface area contributed by atoms with Gasteiger partial charge in [-0.25, -0.2) is 0 Å². The predicted octanol–water partition coefficient (Wildman–Crippen LogP) is 2.70. The Labute approximate surface area is 149 Å². The fraction of sp³-hybridized carbons (Fsp3) is 0.600. The van der Waals surface area contributed by atoms with Crippen LogP contribution in [0.1, 0.15) is 32.6 Å². The second kappa shape index (κ2) is 8.37. The SMILES string of the molecule is CCC(=O)N1CCC[C@@H](C(=O)OC[C@@H]2CCN(c3ccccc3)C2)C1. The van der Waals surface area contributed by atoms with Crippen LogP contribution in [-0.4, -0.2) is 49.6 Å². The van der Waals surface area contributed by atoms with E-state index in [-0.39, 0.29) is 17.8 Å². The molecule has 2 fully saturated rings. The van der Waals surface area contributed by atoms with Crippen molar-refractivity contribution in [1.82, 2.24) is 4.90 Å². The molecule has 2 heterocycles. The smallest absolute Gasteiger partial charge is 0.310 e. The van der Waals surface area contributed by atoms with Crippen molar-refractivity contribution in [2.75, 3.05) is 37.7 Å². The number of piperidine rings is 1. The molecular weight excluding hydrogens is 316 g/mol. The van der Waals surface area contributed by atoms with E-state index in [2.05, 4.69) is 29.2 Å². The number of hydrogen-bond donors (Lipinski definition) is 0. The van der Waals surface area contributed by atoms with Crippen LogP contribution in [0.4, 0.5) is 5.69 Å². The summed E-state index contributed by atoms with van der Waals surface area (Å²) < 4.78 is 5.61. The molecule has 0 radical (unpaired) electrons. The van der Waals surface area contributed by atoms with E-state index in [1.165, 1.54) is 5.69 Å². The summed E-state index contributed by atoms with van der Waals surface area (Å²) in [5.74, 6) is 0.232. The molecule has 0 N–H and O–H groups in total. The number of rotatable bonds is 5. The Hall–Kier alpha value is -2.04. The summed E-state index contributed by atoms with van der Waals surface area (Å²) in [7, 11) is 0. The highest BCUT2D eigenvalue weighted by molar-refractivity contribution is 5.78. The zero-order chi connectivity index (χ0) is 17.6. The maximum absolute atomic E-state index is 12.4. The summed E-state index contributed by atoms with van der Waals surface area (Å²) in [6.07, 6.45) is 3.26. The highest BCUT2D eigenvalue weighted by Crippen LogP contribution is 2.24. The molecule has 1 amide bonds. The lowest BCUT2D eigenvalue weighted by Crippen LogP contribution is -2.42. The molecule has 0 spiro atoms. The Morgan fingerprint density at radius 2 is 1.92 bits per heavy atom. The van der Waals surface area contributed by atoms with Gasteiger partial charge in [-0.3, -0.25) is 9.59 Å². The van der Waals surface area contributed by atoms with E-state index in [4.69, 9.17) is 4.74 Å². The zero-order valence-electron chi connectivity index (χ0n) is 15.0. The largest absolute Gasteiger partial charge is 0.465 e. The van der Waals surface area contributed by atoms with Crippen molar-refractivity contribution in [3.8, 4) is 0 Å². The molecule has 2 atom stereocenters.